The lowest BCUT2D eigenvalue weighted by Gasteiger charge is -2.33. The van der Waals surface area contributed by atoms with Crippen molar-refractivity contribution < 1.29 is 27.4 Å². The van der Waals surface area contributed by atoms with Crippen LogP contribution in [0.1, 0.15) is 46.9 Å². The van der Waals surface area contributed by atoms with Crippen molar-refractivity contribution >= 4 is 11.9 Å². The van der Waals surface area contributed by atoms with E-state index in [4.69, 9.17) is 19.4 Å². The summed E-state index contributed by atoms with van der Waals surface area (Å²) in [5.41, 5.74) is 0.912. The number of carbonyl (C=O) groups excluding carboxylic acids is 1. The molecule has 1 amide bonds. The molecule has 5 rings (SSSR count). The Labute approximate surface area is 219 Å². The SMILES string of the molecule is COc1ccc(Oc2nc(N3CCC(C)CC3)nc3c2CN(C(=O)c2ccc(C(F)(F)F)cc2)CC3)cc1. The summed E-state index contributed by atoms with van der Waals surface area (Å²) in [4.78, 5) is 26.6. The van der Waals surface area contributed by atoms with Gasteiger partial charge in [-0.05, 0) is 67.3 Å². The Morgan fingerprint density at radius 2 is 1.61 bits per heavy atom. The van der Waals surface area contributed by atoms with Crippen LogP contribution in [0.4, 0.5) is 19.1 Å². The van der Waals surface area contributed by atoms with Crippen LogP contribution in [0.2, 0.25) is 0 Å². The zero-order chi connectivity index (χ0) is 26.9. The molecule has 0 bridgehead atoms. The van der Waals surface area contributed by atoms with Crippen LogP contribution in [0.15, 0.2) is 48.5 Å². The number of anilines is 1. The van der Waals surface area contributed by atoms with E-state index in [2.05, 4.69) is 11.8 Å². The van der Waals surface area contributed by atoms with E-state index in [0.717, 1.165) is 43.8 Å². The van der Waals surface area contributed by atoms with Crippen LogP contribution in [-0.4, -0.2) is 47.5 Å². The maximum atomic E-state index is 13.2. The average molecular weight is 527 g/mol. The summed E-state index contributed by atoms with van der Waals surface area (Å²) in [6.45, 7) is 4.55. The smallest absolute Gasteiger partial charge is 0.416 e. The molecule has 200 valence electrons. The summed E-state index contributed by atoms with van der Waals surface area (Å²) in [5, 5.41) is 0. The third-order valence-corrected chi connectivity index (χ3v) is 7.10. The molecule has 2 aliphatic heterocycles. The van der Waals surface area contributed by atoms with Crippen LogP contribution < -0.4 is 14.4 Å². The van der Waals surface area contributed by atoms with Crippen molar-refractivity contribution in [3.8, 4) is 17.4 Å². The number of alkyl halides is 3. The van der Waals surface area contributed by atoms with E-state index in [0.29, 0.717) is 47.8 Å². The summed E-state index contributed by atoms with van der Waals surface area (Å²) in [7, 11) is 1.59. The quantitative estimate of drug-likeness (QED) is 0.423. The number of methoxy groups -OCH3 is 1. The van der Waals surface area contributed by atoms with Gasteiger partial charge in [-0.2, -0.15) is 18.2 Å². The molecule has 0 unspecified atom stereocenters. The fourth-order valence-corrected chi connectivity index (χ4v) is 4.72. The highest BCUT2D eigenvalue weighted by Crippen LogP contribution is 2.34. The van der Waals surface area contributed by atoms with E-state index in [1.54, 1.807) is 36.3 Å². The minimum Gasteiger partial charge on any atom is -0.497 e. The number of piperidine rings is 1. The molecular weight excluding hydrogens is 497 g/mol. The molecule has 10 heteroatoms. The number of hydrogen-bond acceptors (Lipinski definition) is 6. The number of amides is 1. The van der Waals surface area contributed by atoms with Gasteiger partial charge in [0.2, 0.25) is 11.8 Å². The summed E-state index contributed by atoms with van der Waals surface area (Å²) in [5.74, 6) is 2.55. The van der Waals surface area contributed by atoms with Crippen LogP contribution >= 0.6 is 0 Å². The number of benzene rings is 2. The first kappa shape index (κ1) is 25.8. The number of ether oxygens (including phenoxy) is 2. The van der Waals surface area contributed by atoms with Gasteiger partial charge < -0.3 is 19.3 Å². The molecule has 3 aromatic rings. The average Bonchev–Trinajstić information content (AvgIpc) is 2.93. The maximum absolute atomic E-state index is 13.2. The van der Waals surface area contributed by atoms with E-state index in [-0.39, 0.29) is 18.0 Å². The van der Waals surface area contributed by atoms with E-state index in [9.17, 15) is 18.0 Å². The van der Waals surface area contributed by atoms with E-state index < -0.39 is 11.7 Å². The minimum atomic E-state index is -4.46. The second-order valence-electron chi connectivity index (χ2n) is 9.75. The Hall–Kier alpha value is -3.82. The van der Waals surface area contributed by atoms with E-state index >= 15 is 0 Å². The molecule has 2 aliphatic rings. The molecule has 7 nitrogen and oxygen atoms in total. The molecule has 0 aliphatic carbocycles. The monoisotopic (exact) mass is 526 g/mol. The topological polar surface area (TPSA) is 67.8 Å². The fourth-order valence-electron chi connectivity index (χ4n) is 4.72. The molecule has 38 heavy (non-hydrogen) atoms. The van der Waals surface area contributed by atoms with Gasteiger partial charge in [-0.15, -0.1) is 0 Å². The summed E-state index contributed by atoms with van der Waals surface area (Å²) < 4.78 is 50.3. The Bertz CT molecular complexity index is 1290. The third kappa shape index (κ3) is 5.54. The highest BCUT2D eigenvalue weighted by atomic mass is 19.4. The number of rotatable bonds is 5. The highest BCUT2D eigenvalue weighted by molar-refractivity contribution is 5.94. The predicted molar refractivity (Wildman–Crippen MR) is 136 cm³/mol. The zero-order valence-electron chi connectivity index (χ0n) is 21.3. The number of halogens is 3. The molecule has 0 N–H and O–H groups in total. The molecule has 3 heterocycles. The number of fused-ring (bicyclic) bond motifs is 1. The minimum absolute atomic E-state index is 0.192. The first-order chi connectivity index (χ1) is 18.2. The number of nitrogens with zero attached hydrogens (tertiary/aromatic N) is 4. The van der Waals surface area contributed by atoms with Crippen molar-refractivity contribution in [1.29, 1.82) is 0 Å². The van der Waals surface area contributed by atoms with Gasteiger partial charge >= 0.3 is 6.18 Å². The lowest BCUT2D eigenvalue weighted by Crippen LogP contribution is -2.38. The van der Waals surface area contributed by atoms with Crippen molar-refractivity contribution in [2.45, 2.75) is 38.9 Å². The number of hydrogen-bond donors (Lipinski definition) is 0. The molecule has 1 fully saturated rings. The Morgan fingerprint density at radius 3 is 2.24 bits per heavy atom. The summed E-state index contributed by atoms with van der Waals surface area (Å²) in [6.07, 6.45) is -1.85. The van der Waals surface area contributed by atoms with Gasteiger partial charge in [0, 0.05) is 31.6 Å². The van der Waals surface area contributed by atoms with Gasteiger partial charge in [-0.25, -0.2) is 4.98 Å². The summed E-state index contributed by atoms with van der Waals surface area (Å²) in [6, 6.07) is 11.4. The molecule has 2 aromatic carbocycles. The number of carbonyl (C=O) groups is 1. The van der Waals surface area contributed by atoms with Crippen molar-refractivity contribution in [3.05, 3.63) is 70.9 Å². The zero-order valence-corrected chi connectivity index (χ0v) is 21.3. The predicted octanol–water partition coefficient (Wildman–Crippen LogP) is 5.73. The second kappa shape index (κ2) is 10.5. The normalized spacial score (nSPS) is 16.2. The van der Waals surface area contributed by atoms with Gasteiger partial charge in [-0.3, -0.25) is 4.79 Å². The Kier molecular flexibility index (Phi) is 7.14. The van der Waals surface area contributed by atoms with Crippen molar-refractivity contribution in [2.24, 2.45) is 5.92 Å². The van der Waals surface area contributed by atoms with Crippen LogP contribution in [0.3, 0.4) is 0 Å². The Morgan fingerprint density at radius 1 is 0.947 bits per heavy atom. The van der Waals surface area contributed by atoms with Gasteiger partial charge in [0.1, 0.15) is 11.5 Å². The maximum Gasteiger partial charge on any atom is 0.416 e. The molecule has 0 saturated carbocycles. The molecule has 0 spiro atoms. The van der Waals surface area contributed by atoms with Gasteiger partial charge in [0.25, 0.3) is 5.91 Å². The Balaban J connectivity index is 1.43. The lowest BCUT2D eigenvalue weighted by atomic mass is 9.99. The lowest BCUT2D eigenvalue weighted by molar-refractivity contribution is -0.137. The van der Waals surface area contributed by atoms with Crippen molar-refractivity contribution in [3.63, 3.8) is 0 Å². The molecular formula is C28H29F3N4O3. The molecule has 1 saturated heterocycles. The van der Waals surface area contributed by atoms with Gasteiger partial charge in [0.15, 0.2) is 0 Å². The van der Waals surface area contributed by atoms with Gasteiger partial charge in [0.05, 0.1) is 30.5 Å². The highest BCUT2D eigenvalue weighted by Gasteiger charge is 2.32. The van der Waals surface area contributed by atoms with Crippen molar-refractivity contribution in [1.82, 2.24) is 14.9 Å². The number of aromatic nitrogens is 2. The van der Waals surface area contributed by atoms with Crippen LogP contribution in [0.5, 0.6) is 17.4 Å². The third-order valence-electron chi connectivity index (χ3n) is 7.10. The second-order valence-corrected chi connectivity index (χ2v) is 9.75. The van der Waals surface area contributed by atoms with Crippen LogP contribution in [0, 0.1) is 5.92 Å². The van der Waals surface area contributed by atoms with Crippen molar-refractivity contribution in [2.75, 3.05) is 31.6 Å². The van der Waals surface area contributed by atoms with Crippen LogP contribution in [-0.2, 0) is 19.1 Å². The first-order valence-electron chi connectivity index (χ1n) is 12.6. The molecule has 0 atom stereocenters. The largest absolute Gasteiger partial charge is 0.497 e. The summed E-state index contributed by atoms with van der Waals surface area (Å²) >= 11 is 0. The first-order valence-corrected chi connectivity index (χ1v) is 12.6. The fraction of sp³-hybridized carbons (Fsp3) is 0.393. The van der Waals surface area contributed by atoms with E-state index in [1.807, 2.05) is 0 Å². The van der Waals surface area contributed by atoms with Crippen LogP contribution in [0.25, 0.3) is 0 Å². The molecule has 1 aromatic heterocycles. The standard InChI is InChI=1S/C28H29F3N4O3/c1-18-11-14-34(15-12-18)27-32-24-13-16-35(26(36)19-3-5-20(6-4-19)28(29,30)31)17-23(24)25(33-27)38-22-9-7-21(37-2)8-10-22/h3-10,18H,11-17H2,1-2H3. The van der Waals surface area contributed by atoms with E-state index in [1.165, 1.54) is 12.1 Å². The molecule has 0 radical (unpaired) electrons. The van der Waals surface area contributed by atoms with Gasteiger partial charge in [-0.1, -0.05) is 6.92 Å².